The molecular formula is C12H18ClNOS. The maximum atomic E-state index is 9.16. The quantitative estimate of drug-likeness (QED) is 0.797. The van der Waals surface area contributed by atoms with E-state index < -0.39 is 0 Å². The van der Waals surface area contributed by atoms with Crippen LogP contribution in [0, 0.1) is 0 Å². The van der Waals surface area contributed by atoms with E-state index >= 15 is 0 Å². The molecule has 0 bridgehead atoms. The third kappa shape index (κ3) is 2.98. The topological polar surface area (TPSA) is 32.3 Å². The first kappa shape index (κ1) is 12.4. The molecule has 1 aromatic heterocycles. The second kappa shape index (κ2) is 5.50. The average Bonchev–Trinajstić information content (AvgIpc) is 2.72. The second-order valence-corrected chi connectivity index (χ2v) is 6.23. The molecule has 0 fully saturated rings. The van der Waals surface area contributed by atoms with Crippen molar-refractivity contribution in [2.45, 2.75) is 44.8 Å². The first-order valence-corrected chi connectivity index (χ1v) is 7.06. The van der Waals surface area contributed by atoms with E-state index in [0.717, 1.165) is 30.1 Å². The summed E-state index contributed by atoms with van der Waals surface area (Å²) in [5.41, 5.74) is 1.40. The number of nitrogens with one attached hydrogen (secondary N) is 1. The number of rotatable bonds is 5. The van der Waals surface area contributed by atoms with Gasteiger partial charge in [-0.3, -0.25) is 0 Å². The Balaban J connectivity index is 1.79. The molecule has 2 N–H and O–H groups in total. The molecule has 2 rings (SSSR count). The summed E-state index contributed by atoms with van der Waals surface area (Å²) in [4.78, 5) is 1.44. The van der Waals surface area contributed by atoms with Gasteiger partial charge in [0.05, 0.1) is 10.4 Å². The lowest BCUT2D eigenvalue weighted by Gasteiger charge is -2.13. The van der Waals surface area contributed by atoms with Crippen LogP contribution in [0.2, 0.25) is 4.34 Å². The van der Waals surface area contributed by atoms with Gasteiger partial charge < -0.3 is 10.4 Å². The van der Waals surface area contributed by atoms with Crippen LogP contribution in [0.1, 0.15) is 42.7 Å². The van der Waals surface area contributed by atoms with Gasteiger partial charge in [-0.15, -0.1) is 11.3 Å². The molecule has 2 nitrogen and oxygen atoms in total. The van der Waals surface area contributed by atoms with Crippen molar-refractivity contribution in [3.05, 3.63) is 20.8 Å². The summed E-state index contributed by atoms with van der Waals surface area (Å²) in [6.07, 6.45) is 4.06. The van der Waals surface area contributed by atoms with E-state index in [1.54, 1.807) is 11.3 Å². The highest BCUT2D eigenvalue weighted by Gasteiger charge is 2.24. The summed E-state index contributed by atoms with van der Waals surface area (Å²) in [5.74, 6) is 0. The Morgan fingerprint density at radius 2 is 2.50 bits per heavy atom. The molecule has 2 atom stereocenters. The Morgan fingerprint density at radius 3 is 3.25 bits per heavy atom. The van der Waals surface area contributed by atoms with Crippen molar-refractivity contribution in [1.29, 1.82) is 0 Å². The molecule has 1 heterocycles. The Hall–Kier alpha value is -0.0900. The molecule has 16 heavy (non-hydrogen) atoms. The van der Waals surface area contributed by atoms with E-state index in [1.807, 2.05) is 6.92 Å². The molecule has 4 heteroatoms. The zero-order valence-corrected chi connectivity index (χ0v) is 11.1. The van der Waals surface area contributed by atoms with Gasteiger partial charge in [-0.25, -0.2) is 0 Å². The molecule has 0 amide bonds. The van der Waals surface area contributed by atoms with Crippen LogP contribution in [-0.4, -0.2) is 17.8 Å². The van der Waals surface area contributed by atoms with Crippen molar-refractivity contribution in [2.24, 2.45) is 0 Å². The minimum Gasteiger partial charge on any atom is -0.393 e. The molecule has 0 radical (unpaired) electrons. The van der Waals surface area contributed by atoms with Crippen molar-refractivity contribution in [1.82, 2.24) is 5.32 Å². The highest BCUT2D eigenvalue weighted by Crippen LogP contribution is 2.39. The Labute approximate surface area is 106 Å². The number of hydrogen-bond acceptors (Lipinski definition) is 3. The standard InChI is InChI=1S/C12H18ClNOS/c1-8(15)3-2-6-14-10-4-5-11-9(10)7-12(13)16-11/h7-8,10,14-15H,2-6H2,1H3. The normalized spacial score (nSPS) is 21.1. The summed E-state index contributed by atoms with van der Waals surface area (Å²) in [7, 11) is 0. The maximum absolute atomic E-state index is 9.16. The molecule has 0 aromatic carbocycles. The Bertz CT molecular complexity index is 351. The second-order valence-electron chi connectivity index (χ2n) is 4.47. The lowest BCUT2D eigenvalue weighted by atomic mass is 10.1. The number of aliphatic hydroxyl groups excluding tert-OH is 1. The lowest BCUT2D eigenvalue weighted by molar-refractivity contribution is 0.181. The van der Waals surface area contributed by atoms with Crippen molar-refractivity contribution in [3.63, 3.8) is 0 Å². The average molecular weight is 260 g/mol. The smallest absolute Gasteiger partial charge is 0.0934 e. The van der Waals surface area contributed by atoms with E-state index in [-0.39, 0.29) is 6.10 Å². The van der Waals surface area contributed by atoms with E-state index in [9.17, 15) is 0 Å². The van der Waals surface area contributed by atoms with Crippen molar-refractivity contribution >= 4 is 22.9 Å². The van der Waals surface area contributed by atoms with Crippen LogP contribution in [0.5, 0.6) is 0 Å². The van der Waals surface area contributed by atoms with Gasteiger partial charge in [0.2, 0.25) is 0 Å². The number of fused-ring (bicyclic) bond motifs is 1. The van der Waals surface area contributed by atoms with Crippen molar-refractivity contribution in [2.75, 3.05) is 6.54 Å². The molecule has 1 aromatic rings. The first-order chi connectivity index (χ1) is 7.66. The van der Waals surface area contributed by atoms with Gasteiger partial charge >= 0.3 is 0 Å². The van der Waals surface area contributed by atoms with Gasteiger partial charge in [-0.05, 0) is 50.8 Å². The molecule has 0 spiro atoms. The van der Waals surface area contributed by atoms with Crippen LogP contribution in [0.25, 0.3) is 0 Å². The molecule has 0 saturated carbocycles. The van der Waals surface area contributed by atoms with E-state index in [0.29, 0.717) is 6.04 Å². The van der Waals surface area contributed by atoms with Crippen LogP contribution < -0.4 is 5.32 Å². The largest absolute Gasteiger partial charge is 0.393 e. The maximum Gasteiger partial charge on any atom is 0.0934 e. The zero-order valence-electron chi connectivity index (χ0n) is 9.50. The fourth-order valence-electron chi connectivity index (χ4n) is 2.22. The number of halogens is 1. The van der Waals surface area contributed by atoms with Gasteiger partial charge in [-0.2, -0.15) is 0 Å². The first-order valence-electron chi connectivity index (χ1n) is 5.86. The molecule has 0 aliphatic heterocycles. The van der Waals surface area contributed by atoms with Gasteiger partial charge in [0.25, 0.3) is 0 Å². The minimum atomic E-state index is -0.184. The van der Waals surface area contributed by atoms with E-state index in [2.05, 4.69) is 11.4 Å². The molecule has 90 valence electrons. The Kier molecular flexibility index (Phi) is 4.25. The molecule has 0 saturated heterocycles. The predicted molar refractivity (Wildman–Crippen MR) is 69.3 cm³/mol. The van der Waals surface area contributed by atoms with Gasteiger partial charge in [0.15, 0.2) is 0 Å². The van der Waals surface area contributed by atoms with Gasteiger partial charge in [0.1, 0.15) is 0 Å². The highest BCUT2D eigenvalue weighted by atomic mass is 35.5. The van der Waals surface area contributed by atoms with Gasteiger partial charge in [-0.1, -0.05) is 11.6 Å². The number of hydrogen-bond donors (Lipinski definition) is 2. The molecular weight excluding hydrogens is 242 g/mol. The van der Waals surface area contributed by atoms with Crippen LogP contribution in [0.3, 0.4) is 0 Å². The fourth-order valence-corrected chi connectivity index (χ4v) is 3.57. The van der Waals surface area contributed by atoms with Crippen LogP contribution in [0.15, 0.2) is 6.07 Å². The highest BCUT2D eigenvalue weighted by molar-refractivity contribution is 7.16. The summed E-state index contributed by atoms with van der Waals surface area (Å²) < 4.78 is 0.903. The molecule has 1 aliphatic carbocycles. The van der Waals surface area contributed by atoms with Crippen LogP contribution in [-0.2, 0) is 6.42 Å². The summed E-state index contributed by atoms with van der Waals surface area (Å²) >= 11 is 7.71. The fraction of sp³-hybridized carbons (Fsp3) is 0.667. The molecule has 1 aliphatic rings. The Morgan fingerprint density at radius 1 is 1.69 bits per heavy atom. The summed E-state index contributed by atoms with van der Waals surface area (Å²) in [6, 6.07) is 2.58. The SMILES string of the molecule is CC(O)CCCNC1CCc2sc(Cl)cc21. The predicted octanol–water partition coefficient (Wildman–Crippen LogP) is 3.14. The van der Waals surface area contributed by atoms with E-state index in [1.165, 1.54) is 16.9 Å². The third-order valence-electron chi connectivity index (χ3n) is 3.04. The number of aryl methyl sites for hydroxylation is 1. The van der Waals surface area contributed by atoms with Crippen molar-refractivity contribution in [3.8, 4) is 0 Å². The van der Waals surface area contributed by atoms with Crippen molar-refractivity contribution < 1.29 is 5.11 Å². The summed E-state index contributed by atoms with van der Waals surface area (Å²) in [5, 5.41) is 12.7. The number of thiophene rings is 1. The van der Waals surface area contributed by atoms with Gasteiger partial charge in [0, 0.05) is 10.9 Å². The number of aliphatic hydroxyl groups is 1. The summed E-state index contributed by atoms with van der Waals surface area (Å²) in [6.45, 7) is 2.81. The lowest BCUT2D eigenvalue weighted by Crippen LogP contribution is -2.21. The monoisotopic (exact) mass is 259 g/mol. The van der Waals surface area contributed by atoms with E-state index in [4.69, 9.17) is 16.7 Å². The minimum absolute atomic E-state index is 0.184. The third-order valence-corrected chi connectivity index (χ3v) is 4.38. The van der Waals surface area contributed by atoms with Crippen LogP contribution >= 0.6 is 22.9 Å². The molecule has 2 unspecified atom stereocenters. The van der Waals surface area contributed by atoms with Crippen LogP contribution in [0.4, 0.5) is 0 Å². The zero-order chi connectivity index (χ0) is 11.5.